The number of rotatable bonds is 13. The molecule has 14 heteroatoms. The third kappa shape index (κ3) is 9.14. The number of aromatic nitrogens is 2. The fourth-order valence-electron chi connectivity index (χ4n) is 6.89. The van der Waals surface area contributed by atoms with Crippen LogP contribution in [0.5, 0.6) is 5.75 Å². The van der Waals surface area contributed by atoms with E-state index in [1.807, 2.05) is 32.0 Å². The highest BCUT2D eigenvalue weighted by Gasteiger charge is 2.28. The molecule has 54 heavy (non-hydrogen) atoms. The Kier molecular flexibility index (Phi) is 12.1. The number of ether oxygens (including phenoxy) is 1. The number of sulfone groups is 1. The van der Waals surface area contributed by atoms with Crippen molar-refractivity contribution in [2.75, 3.05) is 29.0 Å². The lowest BCUT2D eigenvalue weighted by Gasteiger charge is -2.34. The molecule has 0 aliphatic carbocycles. The van der Waals surface area contributed by atoms with Crippen LogP contribution in [0.2, 0.25) is 5.02 Å². The van der Waals surface area contributed by atoms with Crippen molar-refractivity contribution in [3.63, 3.8) is 0 Å². The third-order valence-corrected chi connectivity index (χ3v) is 12.3. The molecule has 3 aromatic carbocycles. The Balaban J connectivity index is 1.16. The zero-order valence-electron chi connectivity index (χ0n) is 31.3. The number of carbonyl (C=O) groups excluding carboxylic acids is 2. The second kappa shape index (κ2) is 16.7. The minimum Gasteiger partial charge on any atom is -0.489 e. The molecule has 4 aromatic rings. The van der Waals surface area contributed by atoms with Crippen molar-refractivity contribution in [1.82, 2.24) is 20.2 Å². The summed E-state index contributed by atoms with van der Waals surface area (Å²) in [5, 5.41) is 11.9. The van der Waals surface area contributed by atoms with E-state index in [-0.39, 0.29) is 39.6 Å². The van der Waals surface area contributed by atoms with Gasteiger partial charge in [0.2, 0.25) is 17.8 Å². The number of piperidine rings is 2. The van der Waals surface area contributed by atoms with Crippen LogP contribution in [-0.2, 0) is 26.0 Å². The van der Waals surface area contributed by atoms with Crippen molar-refractivity contribution < 1.29 is 22.7 Å². The van der Waals surface area contributed by atoms with Gasteiger partial charge in [-0.15, -0.1) is 0 Å². The number of para-hydroxylation sites is 2. The number of hydrogen-bond acceptors (Lipinski definition) is 11. The predicted molar refractivity (Wildman–Crippen MR) is 213 cm³/mol. The Labute approximate surface area is 322 Å². The van der Waals surface area contributed by atoms with Crippen LogP contribution in [0.15, 0.2) is 71.8 Å². The van der Waals surface area contributed by atoms with Crippen LogP contribution in [0.3, 0.4) is 0 Å². The molecular weight excluding hydrogens is 726 g/mol. The van der Waals surface area contributed by atoms with Gasteiger partial charge in [-0.1, -0.05) is 41.9 Å². The zero-order chi connectivity index (χ0) is 38.6. The SMILES string of the molecule is Cc1cc(Nc2ncc(Cl)c(Nc3ccccc3S(=O)(=O)C(C)C)n2)c(OC(C)C)cc1C1CCN(Cc2ccccc2NC2CCC(=O)NC2=O)CC1. The van der Waals surface area contributed by atoms with E-state index in [4.69, 9.17) is 16.3 Å². The molecule has 286 valence electrons. The molecule has 4 N–H and O–H groups in total. The molecule has 1 aromatic heterocycles. The average molecular weight is 774 g/mol. The molecule has 2 fully saturated rings. The van der Waals surface area contributed by atoms with E-state index in [1.54, 1.807) is 38.1 Å². The van der Waals surface area contributed by atoms with Crippen molar-refractivity contribution in [2.45, 2.75) is 95.1 Å². The van der Waals surface area contributed by atoms with Gasteiger partial charge < -0.3 is 20.7 Å². The van der Waals surface area contributed by atoms with Crippen molar-refractivity contribution in [1.29, 1.82) is 0 Å². The molecule has 3 heterocycles. The molecule has 0 saturated carbocycles. The topological polar surface area (TPSA) is 155 Å². The van der Waals surface area contributed by atoms with E-state index < -0.39 is 21.1 Å². The van der Waals surface area contributed by atoms with Crippen molar-refractivity contribution in [3.8, 4) is 5.75 Å². The Hall–Kier alpha value is -4.72. The minimum absolute atomic E-state index is 0.0837. The second-order valence-electron chi connectivity index (χ2n) is 14.5. The maximum absolute atomic E-state index is 13.1. The molecule has 2 saturated heterocycles. The van der Waals surface area contributed by atoms with Crippen LogP contribution in [-0.4, -0.2) is 65.6 Å². The number of carbonyl (C=O) groups is 2. The Morgan fingerprint density at radius 3 is 2.35 bits per heavy atom. The summed E-state index contributed by atoms with van der Waals surface area (Å²) in [6.45, 7) is 11.9. The number of anilines is 5. The lowest BCUT2D eigenvalue weighted by Crippen LogP contribution is -2.47. The molecule has 2 aliphatic heterocycles. The number of nitrogens with zero attached hydrogens (tertiary/aromatic N) is 3. The molecule has 2 aliphatic rings. The summed E-state index contributed by atoms with van der Waals surface area (Å²) in [7, 11) is -3.57. The highest BCUT2D eigenvalue weighted by atomic mass is 35.5. The van der Waals surface area contributed by atoms with Crippen molar-refractivity contribution in [3.05, 3.63) is 88.6 Å². The summed E-state index contributed by atoms with van der Waals surface area (Å²) in [5.74, 6) is 1.06. The highest BCUT2D eigenvalue weighted by molar-refractivity contribution is 7.92. The van der Waals surface area contributed by atoms with Gasteiger partial charge >= 0.3 is 0 Å². The van der Waals surface area contributed by atoms with Crippen LogP contribution >= 0.6 is 11.6 Å². The number of imide groups is 1. The van der Waals surface area contributed by atoms with Crippen LogP contribution in [0.4, 0.5) is 28.8 Å². The number of nitrogens with one attached hydrogen (secondary N) is 4. The van der Waals surface area contributed by atoms with Gasteiger partial charge in [-0.2, -0.15) is 4.98 Å². The first kappa shape index (κ1) is 39.0. The number of aryl methyl sites for hydroxylation is 1. The quantitative estimate of drug-likeness (QED) is 0.1000. The minimum atomic E-state index is -3.57. The van der Waals surface area contributed by atoms with E-state index in [0.717, 1.165) is 49.3 Å². The fraction of sp³-hybridized carbons (Fsp3) is 0.400. The molecule has 1 unspecified atom stereocenters. The molecule has 0 spiro atoms. The average Bonchev–Trinajstić information content (AvgIpc) is 3.13. The van der Waals surface area contributed by atoms with Gasteiger partial charge in [0.05, 0.1) is 33.8 Å². The van der Waals surface area contributed by atoms with E-state index in [2.05, 4.69) is 61.3 Å². The van der Waals surface area contributed by atoms with E-state index >= 15 is 0 Å². The molecule has 6 rings (SSSR count). The highest BCUT2D eigenvalue weighted by Crippen LogP contribution is 2.39. The van der Waals surface area contributed by atoms with Crippen molar-refractivity contribution >= 4 is 62.1 Å². The van der Waals surface area contributed by atoms with Crippen LogP contribution in [0, 0.1) is 6.92 Å². The first-order chi connectivity index (χ1) is 25.8. The Morgan fingerprint density at radius 2 is 1.65 bits per heavy atom. The largest absolute Gasteiger partial charge is 0.489 e. The molecule has 0 bridgehead atoms. The summed E-state index contributed by atoms with van der Waals surface area (Å²) in [4.78, 5) is 35.7. The molecule has 1 atom stereocenters. The zero-order valence-corrected chi connectivity index (χ0v) is 32.9. The predicted octanol–water partition coefficient (Wildman–Crippen LogP) is 7.49. The number of halogens is 1. The number of benzene rings is 3. The van der Waals surface area contributed by atoms with Gasteiger partial charge in [0, 0.05) is 18.7 Å². The lowest BCUT2D eigenvalue weighted by molar-refractivity contribution is -0.133. The number of hydrogen-bond donors (Lipinski definition) is 4. The van der Waals surface area contributed by atoms with Crippen LogP contribution < -0.4 is 26.0 Å². The summed E-state index contributed by atoms with van der Waals surface area (Å²) in [5.41, 5.74) is 5.47. The summed E-state index contributed by atoms with van der Waals surface area (Å²) in [6.07, 6.45) is 4.14. The van der Waals surface area contributed by atoms with Gasteiger partial charge in [-0.25, -0.2) is 13.4 Å². The van der Waals surface area contributed by atoms with Gasteiger partial charge in [0.15, 0.2) is 15.7 Å². The second-order valence-corrected chi connectivity index (χ2v) is 17.3. The van der Waals surface area contributed by atoms with E-state index in [0.29, 0.717) is 35.9 Å². The Bertz CT molecular complexity index is 2120. The number of likely N-dealkylation sites (tertiary alicyclic amines) is 1. The van der Waals surface area contributed by atoms with Gasteiger partial charge in [-0.05, 0) is 120 Å². The van der Waals surface area contributed by atoms with Crippen LogP contribution in [0.25, 0.3) is 0 Å². The van der Waals surface area contributed by atoms with Gasteiger partial charge in [0.25, 0.3) is 0 Å². The normalized spacial score (nSPS) is 17.1. The smallest absolute Gasteiger partial charge is 0.249 e. The van der Waals surface area contributed by atoms with Crippen LogP contribution in [0.1, 0.15) is 76.0 Å². The fourth-order valence-corrected chi connectivity index (χ4v) is 8.23. The monoisotopic (exact) mass is 773 g/mol. The first-order valence-electron chi connectivity index (χ1n) is 18.4. The molecular formula is C40H48ClN7O5S. The summed E-state index contributed by atoms with van der Waals surface area (Å²) in [6, 6.07) is 18.5. The Morgan fingerprint density at radius 1 is 0.944 bits per heavy atom. The van der Waals surface area contributed by atoms with Gasteiger partial charge in [-0.3, -0.25) is 19.8 Å². The maximum Gasteiger partial charge on any atom is 0.249 e. The van der Waals surface area contributed by atoms with E-state index in [1.165, 1.54) is 11.8 Å². The third-order valence-electron chi connectivity index (χ3n) is 9.80. The lowest BCUT2D eigenvalue weighted by atomic mass is 9.86. The standard InChI is InChI=1S/C40H48ClN7O5S/c1-24(2)53-35-21-29(27-16-18-48(19-17-27)23-28-10-6-7-11-31(28)43-33-14-15-37(49)46-39(33)50)26(5)20-34(35)45-40-42-22-30(41)38(47-40)44-32-12-8-9-13-36(32)54(51,52)25(3)4/h6-13,20-22,24-25,27,33,43H,14-19,23H2,1-5H3,(H,46,49,50)(H2,42,44,45,47). The summed E-state index contributed by atoms with van der Waals surface area (Å²) >= 11 is 6.50. The molecule has 0 radical (unpaired) electrons. The maximum atomic E-state index is 13.1. The molecule has 12 nitrogen and oxygen atoms in total. The van der Waals surface area contributed by atoms with Crippen molar-refractivity contribution in [2.24, 2.45) is 0 Å². The summed E-state index contributed by atoms with van der Waals surface area (Å²) < 4.78 is 32.4. The van der Waals surface area contributed by atoms with E-state index in [9.17, 15) is 18.0 Å². The molecule has 2 amide bonds. The van der Waals surface area contributed by atoms with Gasteiger partial charge in [0.1, 0.15) is 16.8 Å². The first-order valence-corrected chi connectivity index (χ1v) is 20.3. The number of amides is 2.